The molecule has 0 spiro atoms. The Bertz CT molecular complexity index is 1030. The van der Waals surface area contributed by atoms with Crippen molar-refractivity contribution in [3.8, 4) is 5.69 Å². The normalized spacial score (nSPS) is 15.0. The van der Waals surface area contributed by atoms with Gasteiger partial charge in [0, 0.05) is 41.1 Å². The minimum atomic E-state index is -0.447. The summed E-state index contributed by atoms with van der Waals surface area (Å²) < 4.78 is 20.8. The first-order chi connectivity index (χ1) is 15.0. The predicted octanol–water partition coefficient (Wildman–Crippen LogP) is 4.24. The number of hydrogen-bond acceptors (Lipinski definition) is 4. The fraction of sp³-hybridized carbons (Fsp3) is 0.480. The van der Waals surface area contributed by atoms with E-state index in [1.165, 1.54) is 12.1 Å². The van der Waals surface area contributed by atoms with Crippen LogP contribution in [0, 0.1) is 31.0 Å². The number of likely N-dealkylation sites (tertiary alicyclic amines) is 1. The van der Waals surface area contributed by atoms with Gasteiger partial charge in [-0.15, -0.1) is 0 Å². The zero-order chi connectivity index (χ0) is 23.6. The van der Waals surface area contributed by atoms with E-state index in [9.17, 15) is 18.8 Å². The lowest BCUT2D eigenvalue weighted by Gasteiger charge is -2.34. The Kier molecular flexibility index (Phi) is 6.86. The molecular weight excluding hydrogens is 411 g/mol. The van der Waals surface area contributed by atoms with Gasteiger partial charge in [-0.05, 0) is 51.0 Å². The number of nitrogens with zero attached hydrogens (tertiary/aromatic N) is 2. The van der Waals surface area contributed by atoms with Crippen LogP contribution in [0.4, 0.5) is 4.39 Å². The molecule has 0 saturated carbocycles. The van der Waals surface area contributed by atoms with Gasteiger partial charge in [0.15, 0.2) is 6.61 Å². The number of ketones is 1. The molecule has 0 unspecified atom stereocenters. The third-order valence-corrected chi connectivity index (χ3v) is 5.90. The smallest absolute Gasteiger partial charge is 0.309 e. The van der Waals surface area contributed by atoms with Crippen molar-refractivity contribution in [3.63, 3.8) is 0 Å². The maximum absolute atomic E-state index is 13.6. The largest absolute Gasteiger partial charge is 0.457 e. The van der Waals surface area contributed by atoms with E-state index in [0.717, 1.165) is 5.69 Å². The molecule has 1 aromatic carbocycles. The molecule has 1 saturated heterocycles. The fourth-order valence-electron chi connectivity index (χ4n) is 4.18. The van der Waals surface area contributed by atoms with Crippen LogP contribution < -0.4 is 0 Å². The molecule has 1 aliphatic heterocycles. The van der Waals surface area contributed by atoms with Gasteiger partial charge in [-0.3, -0.25) is 14.4 Å². The molecule has 1 aromatic heterocycles. The number of piperidine rings is 1. The highest BCUT2D eigenvalue weighted by atomic mass is 19.1. The van der Waals surface area contributed by atoms with Gasteiger partial charge in [-0.1, -0.05) is 26.8 Å². The lowest BCUT2D eigenvalue weighted by atomic mass is 9.91. The summed E-state index contributed by atoms with van der Waals surface area (Å²) in [6, 6.07) is 7.89. The highest BCUT2D eigenvalue weighted by Gasteiger charge is 2.33. The summed E-state index contributed by atoms with van der Waals surface area (Å²) in [5.41, 5.74) is 2.09. The standard InChI is InChI=1S/C25H31FN2O4/c1-16-13-21(17(2)28(16)20-8-6-7-19(26)14-20)22(29)15-32-23(30)18-9-11-27(12-10-18)24(31)25(3,4)5/h6-8,13-14,18H,9-12,15H2,1-5H3. The van der Waals surface area contributed by atoms with E-state index >= 15 is 0 Å². The highest BCUT2D eigenvalue weighted by molar-refractivity contribution is 5.99. The molecule has 0 N–H and O–H groups in total. The molecule has 0 atom stereocenters. The summed E-state index contributed by atoms with van der Waals surface area (Å²) >= 11 is 0. The zero-order valence-corrected chi connectivity index (χ0v) is 19.4. The van der Waals surface area contributed by atoms with Crippen LogP contribution in [0.3, 0.4) is 0 Å². The summed E-state index contributed by atoms with van der Waals surface area (Å²) in [4.78, 5) is 39.4. The molecule has 1 aliphatic rings. The fourth-order valence-corrected chi connectivity index (χ4v) is 4.18. The van der Waals surface area contributed by atoms with Crippen LogP contribution in [0.15, 0.2) is 30.3 Å². The Balaban J connectivity index is 1.59. The van der Waals surface area contributed by atoms with Gasteiger partial charge < -0.3 is 14.2 Å². The van der Waals surface area contributed by atoms with Gasteiger partial charge >= 0.3 is 5.97 Å². The van der Waals surface area contributed by atoms with Crippen molar-refractivity contribution in [2.45, 2.75) is 47.5 Å². The maximum atomic E-state index is 13.6. The monoisotopic (exact) mass is 442 g/mol. The number of aryl methyl sites for hydroxylation is 1. The second-order valence-corrected chi connectivity index (χ2v) is 9.45. The molecule has 32 heavy (non-hydrogen) atoms. The molecule has 3 rings (SSSR count). The van der Waals surface area contributed by atoms with Crippen molar-refractivity contribution in [2.24, 2.45) is 11.3 Å². The summed E-state index contributed by atoms with van der Waals surface area (Å²) in [6.07, 6.45) is 1.06. The zero-order valence-electron chi connectivity index (χ0n) is 19.4. The van der Waals surface area contributed by atoms with Gasteiger partial charge in [0.2, 0.25) is 11.7 Å². The molecule has 1 fully saturated rings. The van der Waals surface area contributed by atoms with Crippen molar-refractivity contribution < 1.29 is 23.5 Å². The summed E-state index contributed by atoms with van der Waals surface area (Å²) in [5, 5.41) is 0. The number of esters is 1. The van der Waals surface area contributed by atoms with Crippen LogP contribution >= 0.6 is 0 Å². The van der Waals surface area contributed by atoms with E-state index in [0.29, 0.717) is 42.9 Å². The Hall–Kier alpha value is -2.96. The molecule has 2 heterocycles. The third-order valence-electron chi connectivity index (χ3n) is 5.90. The average molecular weight is 443 g/mol. The van der Waals surface area contributed by atoms with Crippen molar-refractivity contribution in [1.29, 1.82) is 0 Å². The van der Waals surface area contributed by atoms with Crippen molar-refractivity contribution in [3.05, 3.63) is 53.1 Å². The number of benzene rings is 1. The second kappa shape index (κ2) is 9.27. The molecule has 0 aliphatic carbocycles. The number of Topliss-reactive ketones (excluding diaryl/α,β-unsaturated/α-hetero) is 1. The number of hydrogen-bond donors (Lipinski definition) is 0. The second-order valence-electron chi connectivity index (χ2n) is 9.45. The van der Waals surface area contributed by atoms with Crippen molar-refractivity contribution in [2.75, 3.05) is 19.7 Å². The van der Waals surface area contributed by atoms with Gasteiger partial charge in [0.1, 0.15) is 5.82 Å². The number of aromatic nitrogens is 1. The molecule has 0 radical (unpaired) electrons. The van der Waals surface area contributed by atoms with Crippen molar-refractivity contribution in [1.82, 2.24) is 9.47 Å². The van der Waals surface area contributed by atoms with Crippen LogP contribution in [0.2, 0.25) is 0 Å². The first-order valence-electron chi connectivity index (χ1n) is 10.9. The Morgan fingerprint density at radius 2 is 1.75 bits per heavy atom. The topological polar surface area (TPSA) is 68.6 Å². The average Bonchev–Trinajstić information content (AvgIpc) is 3.04. The molecule has 6 nitrogen and oxygen atoms in total. The quantitative estimate of drug-likeness (QED) is 0.513. The number of carbonyl (C=O) groups excluding carboxylic acids is 3. The molecular formula is C25H31FN2O4. The minimum Gasteiger partial charge on any atom is -0.457 e. The number of carbonyl (C=O) groups is 3. The Labute approximate surface area is 188 Å². The number of ether oxygens (including phenoxy) is 1. The van der Waals surface area contributed by atoms with E-state index in [1.807, 2.05) is 27.7 Å². The third kappa shape index (κ3) is 5.09. The van der Waals surface area contributed by atoms with E-state index < -0.39 is 11.4 Å². The van der Waals surface area contributed by atoms with E-state index in [2.05, 4.69) is 0 Å². The maximum Gasteiger partial charge on any atom is 0.309 e. The lowest BCUT2D eigenvalue weighted by molar-refractivity contribution is -0.152. The van der Waals surface area contributed by atoms with Gasteiger partial charge in [-0.2, -0.15) is 0 Å². The molecule has 1 amide bonds. The Morgan fingerprint density at radius 3 is 2.34 bits per heavy atom. The first-order valence-corrected chi connectivity index (χ1v) is 10.9. The van der Waals surface area contributed by atoms with Gasteiger partial charge in [0.05, 0.1) is 5.92 Å². The van der Waals surface area contributed by atoms with Crippen LogP contribution in [-0.4, -0.2) is 46.8 Å². The van der Waals surface area contributed by atoms with Crippen LogP contribution in [0.5, 0.6) is 0 Å². The molecule has 0 bridgehead atoms. The van der Waals surface area contributed by atoms with Gasteiger partial charge in [-0.25, -0.2) is 4.39 Å². The first kappa shape index (κ1) is 23.7. The minimum absolute atomic E-state index is 0.0770. The number of amides is 1. The molecule has 7 heteroatoms. The lowest BCUT2D eigenvalue weighted by Crippen LogP contribution is -2.45. The molecule has 172 valence electrons. The SMILES string of the molecule is Cc1cc(C(=O)COC(=O)C2CCN(C(=O)C(C)(C)C)CC2)c(C)n1-c1cccc(F)c1. The summed E-state index contributed by atoms with van der Waals surface area (Å²) in [5.74, 6) is -1.29. The summed E-state index contributed by atoms with van der Waals surface area (Å²) in [7, 11) is 0. The van der Waals surface area contributed by atoms with Crippen LogP contribution in [0.1, 0.15) is 55.4 Å². The van der Waals surface area contributed by atoms with Crippen LogP contribution in [0.25, 0.3) is 5.69 Å². The van der Waals surface area contributed by atoms with Crippen LogP contribution in [-0.2, 0) is 14.3 Å². The van der Waals surface area contributed by atoms with E-state index in [4.69, 9.17) is 4.74 Å². The predicted molar refractivity (Wildman–Crippen MR) is 119 cm³/mol. The number of halogens is 1. The van der Waals surface area contributed by atoms with E-state index in [-0.39, 0.29) is 30.0 Å². The number of rotatable bonds is 5. The molecule has 2 aromatic rings. The highest BCUT2D eigenvalue weighted by Crippen LogP contribution is 2.25. The summed E-state index contributed by atoms with van der Waals surface area (Å²) in [6.45, 7) is 9.96. The van der Waals surface area contributed by atoms with Crippen molar-refractivity contribution >= 4 is 17.7 Å². The Morgan fingerprint density at radius 1 is 1.09 bits per heavy atom. The van der Waals surface area contributed by atoms with E-state index in [1.54, 1.807) is 34.6 Å². The van der Waals surface area contributed by atoms with Gasteiger partial charge in [0.25, 0.3) is 0 Å².